The van der Waals surface area contributed by atoms with Gasteiger partial charge in [0.25, 0.3) is 11.5 Å². The molecule has 0 saturated carbocycles. The first-order chi connectivity index (χ1) is 15.3. The standard InChI is InChI=1S/C22H18F3N5O2/c23-22(24,25)17-8-4-5-15(11-17)13-29-14-27-19-18(21(29)32)12-28-30(19)10-9-26-20(31)16-6-2-1-3-7-16/h1-8,11-12,14H,9-10,13H2,(H,26,31). The summed E-state index contributed by atoms with van der Waals surface area (Å²) in [5, 5.41) is 7.18. The van der Waals surface area contributed by atoms with Gasteiger partial charge in [-0.2, -0.15) is 18.3 Å². The number of carbonyl (C=O) groups is 1. The largest absolute Gasteiger partial charge is 0.416 e. The molecule has 2 aromatic heterocycles. The van der Waals surface area contributed by atoms with Crippen molar-refractivity contribution >= 4 is 16.9 Å². The van der Waals surface area contributed by atoms with Gasteiger partial charge in [-0.15, -0.1) is 0 Å². The fourth-order valence-corrected chi connectivity index (χ4v) is 3.28. The molecule has 7 nitrogen and oxygen atoms in total. The predicted molar refractivity (Wildman–Crippen MR) is 111 cm³/mol. The van der Waals surface area contributed by atoms with Crippen molar-refractivity contribution in [1.82, 2.24) is 24.6 Å². The van der Waals surface area contributed by atoms with Gasteiger partial charge in [0.1, 0.15) is 11.7 Å². The fraction of sp³-hybridized carbons (Fsp3) is 0.182. The highest BCUT2D eigenvalue weighted by Gasteiger charge is 2.30. The zero-order valence-electron chi connectivity index (χ0n) is 16.7. The number of carbonyl (C=O) groups excluding carboxylic acids is 1. The van der Waals surface area contributed by atoms with E-state index in [2.05, 4.69) is 15.4 Å². The number of alkyl halides is 3. The number of benzene rings is 2. The lowest BCUT2D eigenvalue weighted by Gasteiger charge is -2.10. The van der Waals surface area contributed by atoms with Crippen LogP contribution in [0.5, 0.6) is 0 Å². The quantitative estimate of drug-likeness (QED) is 0.499. The predicted octanol–water partition coefficient (Wildman–Crippen LogP) is 3.09. The van der Waals surface area contributed by atoms with Crippen LogP contribution in [0.4, 0.5) is 13.2 Å². The van der Waals surface area contributed by atoms with Crippen molar-refractivity contribution in [1.29, 1.82) is 0 Å². The summed E-state index contributed by atoms with van der Waals surface area (Å²) in [5.74, 6) is -0.224. The van der Waals surface area contributed by atoms with Crippen molar-refractivity contribution < 1.29 is 18.0 Å². The molecule has 1 amide bonds. The van der Waals surface area contributed by atoms with Crippen LogP contribution in [0.15, 0.2) is 71.9 Å². The molecule has 0 aliphatic rings. The zero-order chi connectivity index (χ0) is 22.7. The lowest BCUT2D eigenvalue weighted by molar-refractivity contribution is -0.137. The molecule has 0 atom stereocenters. The SMILES string of the molecule is O=C(NCCn1ncc2c(=O)n(Cc3cccc(C(F)(F)F)c3)cnc21)c1ccccc1. The smallest absolute Gasteiger partial charge is 0.350 e. The third-order valence-electron chi connectivity index (χ3n) is 4.87. The summed E-state index contributed by atoms with van der Waals surface area (Å²) in [6.07, 6.45) is -1.81. The average Bonchev–Trinajstić information content (AvgIpc) is 3.19. The number of halogens is 3. The normalized spacial score (nSPS) is 11.6. The van der Waals surface area contributed by atoms with Gasteiger partial charge in [0.05, 0.1) is 24.8 Å². The molecule has 10 heteroatoms. The molecular weight excluding hydrogens is 423 g/mol. The van der Waals surface area contributed by atoms with Crippen LogP contribution in [0.2, 0.25) is 0 Å². The number of fused-ring (bicyclic) bond motifs is 1. The number of nitrogens with one attached hydrogen (secondary N) is 1. The van der Waals surface area contributed by atoms with Crippen LogP contribution in [0.3, 0.4) is 0 Å². The highest BCUT2D eigenvalue weighted by molar-refractivity contribution is 5.94. The molecule has 0 aliphatic carbocycles. The minimum absolute atomic E-state index is 0.0516. The number of hydrogen-bond donors (Lipinski definition) is 1. The number of nitrogens with zero attached hydrogens (tertiary/aromatic N) is 4. The second kappa shape index (κ2) is 8.66. The van der Waals surface area contributed by atoms with Crippen molar-refractivity contribution in [2.45, 2.75) is 19.3 Å². The van der Waals surface area contributed by atoms with Crippen LogP contribution < -0.4 is 10.9 Å². The Labute approximate surface area is 180 Å². The van der Waals surface area contributed by atoms with E-state index in [0.29, 0.717) is 23.3 Å². The van der Waals surface area contributed by atoms with Crippen LogP contribution in [0.25, 0.3) is 11.0 Å². The Morgan fingerprint density at radius 1 is 1.06 bits per heavy atom. The Bertz CT molecular complexity index is 1310. The molecule has 4 aromatic rings. The number of rotatable bonds is 6. The first-order valence-electron chi connectivity index (χ1n) is 9.73. The average molecular weight is 441 g/mol. The Kier molecular flexibility index (Phi) is 5.76. The molecule has 0 unspecified atom stereocenters. The maximum absolute atomic E-state index is 12.9. The second-order valence-corrected chi connectivity index (χ2v) is 7.10. The molecule has 1 N–H and O–H groups in total. The first-order valence-corrected chi connectivity index (χ1v) is 9.73. The Morgan fingerprint density at radius 3 is 2.59 bits per heavy atom. The summed E-state index contributed by atoms with van der Waals surface area (Å²) in [5.41, 5.74) is 0.0196. The molecule has 0 aliphatic heterocycles. The molecule has 164 valence electrons. The molecule has 2 heterocycles. The van der Waals surface area contributed by atoms with E-state index in [9.17, 15) is 22.8 Å². The van der Waals surface area contributed by atoms with Gasteiger partial charge in [-0.3, -0.25) is 14.2 Å². The van der Waals surface area contributed by atoms with E-state index in [0.717, 1.165) is 12.1 Å². The molecule has 0 fully saturated rings. The monoisotopic (exact) mass is 441 g/mol. The summed E-state index contributed by atoms with van der Waals surface area (Å²) in [4.78, 5) is 29.1. The Morgan fingerprint density at radius 2 is 1.84 bits per heavy atom. The van der Waals surface area contributed by atoms with Crippen molar-refractivity contribution in [3.8, 4) is 0 Å². The summed E-state index contributed by atoms with van der Waals surface area (Å²) < 4.78 is 41.5. The van der Waals surface area contributed by atoms with E-state index >= 15 is 0 Å². The molecule has 0 bridgehead atoms. The fourth-order valence-electron chi connectivity index (χ4n) is 3.28. The molecular formula is C22H18F3N5O2. The molecule has 2 aromatic carbocycles. The first kappa shape index (κ1) is 21.3. The van der Waals surface area contributed by atoms with E-state index in [1.54, 1.807) is 24.3 Å². The summed E-state index contributed by atoms with van der Waals surface area (Å²) in [6, 6.07) is 13.6. The van der Waals surface area contributed by atoms with Gasteiger partial charge in [0, 0.05) is 12.1 Å². The van der Waals surface area contributed by atoms with Gasteiger partial charge in [0.15, 0.2) is 5.65 Å². The van der Waals surface area contributed by atoms with E-state index in [-0.39, 0.29) is 24.4 Å². The third-order valence-corrected chi connectivity index (χ3v) is 4.87. The minimum Gasteiger partial charge on any atom is -0.350 e. The third kappa shape index (κ3) is 4.53. The maximum atomic E-state index is 12.9. The van der Waals surface area contributed by atoms with Gasteiger partial charge in [-0.1, -0.05) is 30.3 Å². The van der Waals surface area contributed by atoms with Crippen LogP contribution in [0, 0.1) is 0 Å². The lowest BCUT2D eigenvalue weighted by Crippen LogP contribution is -2.27. The molecule has 32 heavy (non-hydrogen) atoms. The molecule has 0 saturated heterocycles. The topological polar surface area (TPSA) is 81.8 Å². The van der Waals surface area contributed by atoms with Crippen molar-refractivity contribution in [3.05, 3.63) is 94.2 Å². The van der Waals surface area contributed by atoms with Crippen LogP contribution in [-0.4, -0.2) is 31.8 Å². The maximum Gasteiger partial charge on any atom is 0.416 e. The summed E-state index contributed by atoms with van der Waals surface area (Å²) >= 11 is 0. The Balaban J connectivity index is 1.48. The number of hydrogen-bond acceptors (Lipinski definition) is 4. The highest BCUT2D eigenvalue weighted by Crippen LogP contribution is 2.29. The van der Waals surface area contributed by atoms with Crippen molar-refractivity contribution in [2.24, 2.45) is 0 Å². The van der Waals surface area contributed by atoms with Crippen LogP contribution >= 0.6 is 0 Å². The molecule has 0 radical (unpaired) electrons. The van der Waals surface area contributed by atoms with E-state index in [4.69, 9.17) is 0 Å². The van der Waals surface area contributed by atoms with Crippen molar-refractivity contribution in [2.75, 3.05) is 6.54 Å². The minimum atomic E-state index is -4.46. The summed E-state index contributed by atoms with van der Waals surface area (Å²) in [6.45, 7) is 0.523. The van der Waals surface area contributed by atoms with Gasteiger partial charge in [-0.25, -0.2) is 9.67 Å². The molecule has 0 spiro atoms. The van der Waals surface area contributed by atoms with Gasteiger partial charge < -0.3 is 5.32 Å². The number of amides is 1. The van der Waals surface area contributed by atoms with Crippen LogP contribution in [0.1, 0.15) is 21.5 Å². The highest BCUT2D eigenvalue weighted by atomic mass is 19.4. The van der Waals surface area contributed by atoms with Gasteiger partial charge >= 0.3 is 6.18 Å². The van der Waals surface area contributed by atoms with Crippen molar-refractivity contribution in [3.63, 3.8) is 0 Å². The Hall–Kier alpha value is -3.95. The number of aromatic nitrogens is 4. The molecule has 4 rings (SSSR count). The van der Waals surface area contributed by atoms with Gasteiger partial charge in [0.2, 0.25) is 0 Å². The second-order valence-electron chi connectivity index (χ2n) is 7.10. The van der Waals surface area contributed by atoms with Crippen LogP contribution in [-0.2, 0) is 19.3 Å². The zero-order valence-corrected chi connectivity index (χ0v) is 16.7. The van der Waals surface area contributed by atoms with E-state index in [1.807, 2.05) is 6.07 Å². The lowest BCUT2D eigenvalue weighted by atomic mass is 10.1. The van der Waals surface area contributed by atoms with E-state index in [1.165, 1.54) is 33.9 Å². The summed E-state index contributed by atoms with van der Waals surface area (Å²) in [7, 11) is 0. The van der Waals surface area contributed by atoms with Gasteiger partial charge in [-0.05, 0) is 29.8 Å². The van der Waals surface area contributed by atoms with E-state index < -0.39 is 17.3 Å².